The lowest BCUT2D eigenvalue weighted by atomic mass is 10.2. The quantitative estimate of drug-likeness (QED) is 0.742. The summed E-state index contributed by atoms with van der Waals surface area (Å²) in [5.74, 6) is 0. The first-order valence-electron chi connectivity index (χ1n) is 7.78. The summed E-state index contributed by atoms with van der Waals surface area (Å²) in [4.78, 5) is 16.2. The van der Waals surface area contributed by atoms with Crippen molar-refractivity contribution in [2.24, 2.45) is 0 Å². The second-order valence-corrected chi connectivity index (χ2v) is 8.18. The highest BCUT2D eigenvalue weighted by atomic mass is 79.9. The van der Waals surface area contributed by atoms with Crippen LogP contribution in [0, 0.1) is 0 Å². The van der Waals surface area contributed by atoms with E-state index in [9.17, 15) is 4.79 Å². The van der Waals surface area contributed by atoms with Gasteiger partial charge in [-0.05, 0) is 54.8 Å². The van der Waals surface area contributed by atoms with Gasteiger partial charge in [0.1, 0.15) is 5.60 Å². The van der Waals surface area contributed by atoms with Crippen LogP contribution in [0.5, 0.6) is 0 Å². The number of benzene rings is 1. The lowest BCUT2D eigenvalue weighted by Gasteiger charge is -2.28. The van der Waals surface area contributed by atoms with Crippen molar-refractivity contribution in [1.82, 2.24) is 9.80 Å². The summed E-state index contributed by atoms with van der Waals surface area (Å²) in [6.45, 7) is 8.27. The van der Waals surface area contributed by atoms with Crippen LogP contribution in [0.1, 0.15) is 32.8 Å². The third-order valence-corrected chi connectivity index (χ3v) is 5.38. The second kappa shape index (κ2) is 7.41. The number of nitrogens with zero attached hydrogens (tertiary/aromatic N) is 2. The lowest BCUT2D eigenvalue weighted by Crippen LogP contribution is -2.42. The van der Waals surface area contributed by atoms with Crippen LogP contribution in [0.3, 0.4) is 0 Å². The van der Waals surface area contributed by atoms with Gasteiger partial charge >= 0.3 is 6.09 Å². The molecule has 0 saturated carbocycles. The Hall–Kier alpha value is -0.780. The Bertz CT molecular complexity index is 574. The predicted octanol–water partition coefficient (Wildman–Crippen LogP) is 4.54. The number of hydrogen-bond acceptors (Lipinski definition) is 3. The third-order valence-electron chi connectivity index (χ3n) is 3.90. The van der Waals surface area contributed by atoms with Gasteiger partial charge < -0.3 is 9.64 Å². The van der Waals surface area contributed by atoms with Gasteiger partial charge in [-0.25, -0.2) is 4.79 Å². The molecule has 1 amide bonds. The van der Waals surface area contributed by atoms with E-state index in [2.05, 4.69) is 26.9 Å². The predicted molar refractivity (Wildman–Crippen MR) is 96.8 cm³/mol. The first kappa shape index (κ1) is 18.6. The van der Waals surface area contributed by atoms with Crippen molar-refractivity contribution >= 4 is 33.6 Å². The lowest BCUT2D eigenvalue weighted by molar-refractivity contribution is 0.0228. The van der Waals surface area contributed by atoms with Gasteiger partial charge in [-0.1, -0.05) is 23.7 Å². The summed E-state index contributed by atoms with van der Waals surface area (Å²) < 4.78 is 6.39. The number of rotatable bonds is 3. The molecule has 0 spiro atoms. The number of carbonyl (C=O) groups excluding carboxylic acids is 1. The highest BCUT2D eigenvalue weighted by Crippen LogP contribution is 2.28. The largest absolute Gasteiger partial charge is 0.444 e. The third kappa shape index (κ3) is 5.10. The molecule has 1 aliphatic heterocycles. The van der Waals surface area contributed by atoms with Gasteiger partial charge in [0.2, 0.25) is 0 Å². The van der Waals surface area contributed by atoms with Crippen molar-refractivity contribution < 1.29 is 9.53 Å². The van der Waals surface area contributed by atoms with E-state index >= 15 is 0 Å². The maximum Gasteiger partial charge on any atom is 0.410 e. The average Bonchev–Trinajstić information content (AvgIpc) is 2.89. The van der Waals surface area contributed by atoms with Crippen LogP contribution in [0.25, 0.3) is 0 Å². The first-order valence-corrected chi connectivity index (χ1v) is 8.95. The summed E-state index contributed by atoms with van der Waals surface area (Å²) >= 11 is 9.69. The molecule has 0 bridgehead atoms. The molecule has 0 aromatic heterocycles. The molecule has 0 radical (unpaired) electrons. The number of amides is 1. The van der Waals surface area contributed by atoms with Crippen molar-refractivity contribution in [3.63, 3.8) is 0 Å². The van der Waals surface area contributed by atoms with Crippen LogP contribution in [-0.2, 0) is 11.3 Å². The average molecular weight is 404 g/mol. The van der Waals surface area contributed by atoms with Crippen LogP contribution in [-0.4, -0.2) is 47.7 Å². The molecule has 1 aromatic carbocycles. The van der Waals surface area contributed by atoms with Gasteiger partial charge in [0.25, 0.3) is 0 Å². The molecule has 1 atom stereocenters. The second-order valence-electron chi connectivity index (χ2n) is 6.98. The van der Waals surface area contributed by atoms with Gasteiger partial charge in [0, 0.05) is 37.2 Å². The number of ether oxygens (including phenoxy) is 1. The smallest absolute Gasteiger partial charge is 0.410 e. The number of likely N-dealkylation sites (tertiary alicyclic amines) is 1. The Kier molecular flexibility index (Phi) is 5.98. The zero-order chi connectivity index (χ0) is 17.2. The summed E-state index contributed by atoms with van der Waals surface area (Å²) in [7, 11) is 1.82. The normalized spacial score (nSPS) is 19.0. The minimum absolute atomic E-state index is 0.183. The van der Waals surface area contributed by atoms with Gasteiger partial charge in [0.05, 0.1) is 5.02 Å². The Balaban J connectivity index is 1.93. The molecular weight excluding hydrogens is 380 g/mol. The van der Waals surface area contributed by atoms with E-state index in [4.69, 9.17) is 16.3 Å². The molecule has 0 N–H and O–H groups in total. The van der Waals surface area contributed by atoms with Crippen molar-refractivity contribution in [3.05, 3.63) is 33.3 Å². The van der Waals surface area contributed by atoms with Crippen LogP contribution >= 0.6 is 27.5 Å². The molecule has 1 heterocycles. The summed E-state index contributed by atoms with van der Waals surface area (Å²) in [6, 6.07) is 6.09. The minimum Gasteiger partial charge on any atom is -0.444 e. The zero-order valence-electron chi connectivity index (χ0n) is 14.1. The fourth-order valence-electron chi connectivity index (χ4n) is 2.67. The Morgan fingerprint density at radius 1 is 1.48 bits per heavy atom. The number of halogens is 2. The fourth-order valence-corrected chi connectivity index (χ4v) is 3.25. The van der Waals surface area contributed by atoms with Gasteiger partial charge in [-0.3, -0.25) is 4.90 Å². The summed E-state index contributed by atoms with van der Waals surface area (Å²) in [6.07, 6.45) is 0.696. The molecule has 128 valence electrons. The molecule has 0 unspecified atom stereocenters. The molecule has 2 rings (SSSR count). The van der Waals surface area contributed by atoms with Crippen LogP contribution in [0.15, 0.2) is 22.7 Å². The Labute approximate surface area is 151 Å². The van der Waals surface area contributed by atoms with E-state index < -0.39 is 5.60 Å². The van der Waals surface area contributed by atoms with E-state index in [-0.39, 0.29) is 12.1 Å². The number of hydrogen-bond donors (Lipinski definition) is 0. The van der Waals surface area contributed by atoms with Crippen molar-refractivity contribution in [1.29, 1.82) is 0 Å². The molecule has 6 heteroatoms. The Morgan fingerprint density at radius 3 is 2.83 bits per heavy atom. The molecular formula is C17H24BrClN2O2. The topological polar surface area (TPSA) is 32.8 Å². The molecule has 0 aliphatic carbocycles. The molecule has 1 aliphatic rings. The van der Waals surface area contributed by atoms with Crippen LogP contribution in [0.2, 0.25) is 5.02 Å². The van der Waals surface area contributed by atoms with E-state index in [1.165, 1.54) is 0 Å². The maximum atomic E-state index is 12.2. The highest BCUT2D eigenvalue weighted by molar-refractivity contribution is 9.10. The van der Waals surface area contributed by atoms with E-state index in [1.54, 1.807) is 4.90 Å². The van der Waals surface area contributed by atoms with Crippen molar-refractivity contribution in [2.45, 2.75) is 45.4 Å². The molecule has 1 aromatic rings. The van der Waals surface area contributed by atoms with E-state index in [1.807, 2.05) is 40.0 Å². The fraction of sp³-hybridized carbons (Fsp3) is 0.588. The van der Waals surface area contributed by atoms with Gasteiger partial charge in [0.15, 0.2) is 0 Å². The summed E-state index contributed by atoms with van der Waals surface area (Å²) in [5, 5.41) is 0.726. The SMILES string of the molecule is CN(C(=O)OC(C)(C)C)[C@H]1CCN(Cc2cccc(Cl)c2Br)C1. The van der Waals surface area contributed by atoms with Gasteiger partial charge in [-0.2, -0.15) is 0 Å². The van der Waals surface area contributed by atoms with Gasteiger partial charge in [-0.15, -0.1) is 0 Å². The highest BCUT2D eigenvalue weighted by Gasteiger charge is 2.31. The van der Waals surface area contributed by atoms with E-state index in [0.29, 0.717) is 0 Å². The van der Waals surface area contributed by atoms with E-state index in [0.717, 1.165) is 41.1 Å². The number of likely N-dealkylation sites (N-methyl/N-ethyl adjacent to an activating group) is 1. The standard InChI is InChI=1S/C17H24BrClN2O2/c1-17(2,3)23-16(22)20(4)13-8-9-21(11-13)10-12-6-5-7-14(19)15(12)18/h5-7,13H,8-11H2,1-4H3/t13-/m0/s1. The molecule has 1 fully saturated rings. The van der Waals surface area contributed by atoms with Crippen molar-refractivity contribution in [2.75, 3.05) is 20.1 Å². The number of carbonyl (C=O) groups is 1. The minimum atomic E-state index is -0.463. The zero-order valence-corrected chi connectivity index (χ0v) is 16.4. The molecule has 23 heavy (non-hydrogen) atoms. The monoisotopic (exact) mass is 402 g/mol. The Morgan fingerprint density at radius 2 is 2.17 bits per heavy atom. The van der Waals surface area contributed by atoms with Crippen molar-refractivity contribution in [3.8, 4) is 0 Å². The molecule has 4 nitrogen and oxygen atoms in total. The van der Waals surface area contributed by atoms with Crippen LogP contribution in [0.4, 0.5) is 4.79 Å². The first-order chi connectivity index (χ1) is 10.7. The van der Waals surface area contributed by atoms with Crippen LogP contribution < -0.4 is 0 Å². The summed E-state index contributed by atoms with van der Waals surface area (Å²) in [5.41, 5.74) is 0.702. The maximum absolute atomic E-state index is 12.2. The molecule has 1 saturated heterocycles.